The average molecular weight is 216 g/mol. The molecule has 0 bridgehead atoms. The topological polar surface area (TPSA) is 45.8 Å². The van der Waals surface area contributed by atoms with E-state index >= 15 is 0 Å². The maximum absolute atomic E-state index is 11.3. The first kappa shape index (κ1) is 8.61. The van der Waals surface area contributed by atoms with Crippen LogP contribution in [0.1, 0.15) is 16.6 Å². The van der Waals surface area contributed by atoms with Crippen molar-refractivity contribution in [3.63, 3.8) is 0 Å². The number of hydrogen-bond acceptors (Lipinski definition) is 3. The van der Waals surface area contributed by atoms with Crippen LogP contribution >= 0.6 is 11.3 Å². The lowest BCUT2D eigenvalue weighted by atomic mass is 10.2. The molecule has 74 valence electrons. The highest BCUT2D eigenvalue weighted by atomic mass is 32.1. The molecule has 1 N–H and O–H groups in total. The fourth-order valence-electron chi connectivity index (χ4n) is 1.69. The number of rotatable bonds is 1. The van der Waals surface area contributed by atoms with Crippen molar-refractivity contribution in [2.45, 2.75) is 6.92 Å². The zero-order chi connectivity index (χ0) is 10.4. The summed E-state index contributed by atoms with van der Waals surface area (Å²) in [6.45, 7) is 1.59. The highest BCUT2D eigenvalue weighted by Gasteiger charge is 2.09. The third kappa shape index (κ3) is 1.18. The lowest BCUT2D eigenvalue weighted by molar-refractivity contribution is 0.102. The van der Waals surface area contributed by atoms with Crippen molar-refractivity contribution in [2.75, 3.05) is 0 Å². The first-order valence-electron chi connectivity index (χ1n) is 4.62. The molecule has 3 rings (SSSR count). The van der Waals surface area contributed by atoms with E-state index < -0.39 is 0 Å². The van der Waals surface area contributed by atoms with E-state index in [1.165, 1.54) is 11.3 Å². The number of ketones is 1. The van der Waals surface area contributed by atoms with Crippen molar-refractivity contribution in [3.05, 3.63) is 29.3 Å². The van der Waals surface area contributed by atoms with Crippen LogP contribution in [0.3, 0.4) is 0 Å². The number of nitrogens with zero attached hydrogens (tertiary/aromatic N) is 1. The van der Waals surface area contributed by atoms with Gasteiger partial charge in [0, 0.05) is 10.1 Å². The van der Waals surface area contributed by atoms with E-state index in [9.17, 15) is 4.79 Å². The Bertz CT molecular complexity index is 665. The number of nitrogens with one attached hydrogen (secondary N) is 1. The Hall–Kier alpha value is -1.68. The SMILES string of the molecule is CC(=O)c1cc2ccc3[nH]ncc3c2s1. The Morgan fingerprint density at radius 3 is 3.13 bits per heavy atom. The van der Waals surface area contributed by atoms with Crippen LogP contribution in [0.25, 0.3) is 21.0 Å². The van der Waals surface area contributed by atoms with E-state index in [1.54, 1.807) is 13.1 Å². The molecule has 0 fully saturated rings. The quantitative estimate of drug-likeness (QED) is 0.635. The van der Waals surface area contributed by atoms with Gasteiger partial charge >= 0.3 is 0 Å². The van der Waals surface area contributed by atoms with E-state index in [-0.39, 0.29) is 5.78 Å². The van der Waals surface area contributed by atoms with Crippen molar-refractivity contribution in [1.29, 1.82) is 0 Å². The second kappa shape index (κ2) is 2.90. The standard InChI is InChI=1S/C11H8N2OS/c1-6(14)10-4-7-2-3-9-8(5-12-13-9)11(7)15-10/h2-5H,1H3,(H,12,13). The molecule has 0 saturated carbocycles. The van der Waals surface area contributed by atoms with Crippen molar-refractivity contribution in [3.8, 4) is 0 Å². The minimum Gasteiger partial charge on any atom is -0.294 e. The summed E-state index contributed by atoms with van der Waals surface area (Å²) >= 11 is 1.53. The maximum Gasteiger partial charge on any atom is 0.169 e. The molecular formula is C11H8N2OS. The molecule has 0 atom stereocenters. The number of carbonyl (C=O) groups is 1. The fraction of sp³-hybridized carbons (Fsp3) is 0.0909. The molecule has 0 aliphatic rings. The van der Waals surface area contributed by atoms with Crippen LogP contribution in [-0.4, -0.2) is 16.0 Å². The van der Waals surface area contributed by atoms with Crippen LogP contribution in [0.4, 0.5) is 0 Å². The van der Waals surface area contributed by atoms with Crippen LogP contribution in [-0.2, 0) is 0 Å². The number of H-pyrrole nitrogens is 1. The summed E-state index contributed by atoms with van der Waals surface area (Å²) in [5.41, 5.74) is 1.01. The van der Waals surface area contributed by atoms with Gasteiger partial charge in [0.1, 0.15) is 0 Å². The monoisotopic (exact) mass is 216 g/mol. The Morgan fingerprint density at radius 2 is 2.33 bits per heavy atom. The zero-order valence-electron chi connectivity index (χ0n) is 8.07. The maximum atomic E-state index is 11.3. The molecule has 2 aromatic heterocycles. The second-order valence-electron chi connectivity index (χ2n) is 3.48. The Balaban J connectivity index is 2.46. The van der Waals surface area contributed by atoms with E-state index in [4.69, 9.17) is 0 Å². The lowest BCUT2D eigenvalue weighted by Crippen LogP contribution is -1.83. The highest BCUT2D eigenvalue weighted by molar-refractivity contribution is 7.21. The molecular weight excluding hydrogens is 208 g/mol. The molecule has 0 amide bonds. The zero-order valence-corrected chi connectivity index (χ0v) is 8.89. The molecule has 3 nitrogen and oxygen atoms in total. The van der Waals surface area contributed by atoms with Gasteiger partial charge in [0.05, 0.1) is 16.6 Å². The van der Waals surface area contributed by atoms with Gasteiger partial charge in [-0.1, -0.05) is 6.07 Å². The number of fused-ring (bicyclic) bond motifs is 3. The molecule has 2 heterocycles. The molecule has 0 aliphatic carbocycles. The van der Waals surface area contributed by atoms with E-state index in [2.05, 4.69) is 10.2 Å². The van der Waals surface area contributed by atoms with Crippen molar-refractivity contribution >= 4 is 38.1 Å². The van der Waals surface area contributed by atoms with Crippen LogP contribution in [0.2, 0.25) is 0 Å². The van der Waals surface area contributed by atoms with Crippen molar-refractivity contribution in [2.24, 2.45) is 0 Å². The number of aromatic nitrogens is 2. The van der Waals surface area contributed by atoms with Gasteiger partial charge in [0.15, 0.2) is 5.78 Å². The molecule has 3 aromatic rings. The van der Waals surface area contributed by atoms with Gasteiger partial charge in [0.2, 0.25) is 0 Å². The van der Waals surface area contributed by atoms with Crippen molar-refractivity contribution in [1.82, 2.24) is 10.2 Å². The predicted octanol–water partition coefficient (Wildman–Crippen LogP) is 2.98. The molecule has 15 heavy (non-hydrogen) atoms. The third-order valence-electron chi connectivity index (χ3n) is 2.45. The summed E-state index contributed by atoms with van der Waals surface area (Å²) in [6, 6.07) is 5.94. The van der Waals surface area contributed by atoms with Crippen LogP contribution < -0.4 is 0 Å². The average Bonchev–Trinajstić information content (AvgIpc) is 2.82. The normalized spacial score (nSPS) is 11.3. The smallest absolute Gasteiger partial charge is 0.169 e. The molecule has 0 unspecified atom stereocenters. The molecule has 0 radical (unpaired) electrons. The van der Waals surface area contributed by atoms with E-state index in [0.29, 0.717) is 0 Å². The number of aromatic amines is 1. The summed E-state index contributed by atoms with van der Waals surface area (Å²) in [5, 5.41) is 9.12. The number of hydrogen-bond donors (Lipinski definition) is 1. The van der Waals surface area contributed by atoms with Gasteiger partial charge in [-0.2, -0.15) is 5.10 Å². The van der Waals surface area contributed by atoms with Gasteiger partial charge in [0.25, 0.3) is 0 Å². The summed E-state index contributed by atoms with van der Waals surface area (Å²) in [6.07, 6.45) is 1.80. The summed E-state index contributed by atoms with van der Waals surface area (Å²) in [7, 11) is 0. The predicted molar refractivity (Wildman–Crippen MR) is 61.5 cm³/mol. The van der Waals surface area contributed by atoms with Gasteiger partial charge in [-0.25, -0.2) is 0 Å². The molecule has 0 aliphatic heterocycles. The molecule has 0 saturated heterocycles. The largest absolute Gasteiger partial charge is 0.294 e. The highest BCUT2D eigenvalue weighted by Crippen LogP contribution is 2.31. The first-order chi connectivity index (χ1) is 7.25. The number of Topliss-reactive ketones (excluding diaryl/α,β-unsaturated/α-hetero) is 1. The molecule has 0 spiro atoms. The van der Waals surface area contributed by atoms with Crippen LogP contribution in [0, 0.1) is 0 Å². The summed E-state index contributed by atoms with van der Waals surface area (Å²) in [5.74, 6) is 0.118. The second-order valence-corrected chi connectivity index (χ2v) is 4.53. The fourth-order valence-corrected chi connectivity index (χ4v) is 2.76. The lowest BCUT2D eigenvalue weighted by Gasteiger charge is -1.89. The first-order valence-corrected chi connectivity index (χ1v) is 5.44. The Kier molecular flexibility index (Phi) is 1.67. The van der Waals surface area contributed by atoms with Gasteiger partial charge in [-0.15, -0.1) is 11.3 Å². The Labute approximate surface area is 89.7 Å². The van der Waals surface area contributed by atoms with E-state index in [0.717, 1.165) is 25.9 Å². The number of thiophene rings is 1. The minimum absolute atomic E-state index is 0.118. The number of benzene rings is 1. The van der Waals surface area contributed by atoms with Crippen molar-refractivity contribution < 1.29 is 4.79 Å². The van der Waals surface area contributed by atoms with Gasteiger partial charge < -0.3 is 0 Å². The summed E-state index contributed by atoms with van der Waals surface area (Å²) in [4.78, 5) is 12.1. The van der Waals surface area contributed by atoms with Gasteiger partial charge in [-0.3, -0.25) is 9.89 Å². The van der Waals surface area contributed by atoms with E-state index in [1.807, 2.05) is 18.2 Å². The third-order valence-corrected chi connectivity index (χ3v) is 3.74. The Morgan fingerprint density at radius 1 is 1.47 bits per heavy atom. The van der Waals surface area contributed by atoms with Crippen LogP contribution in [0.5, 0.6) is 0 Å². The minimum atomic E-state index is 0.118. The van der Waals surface area contributed by atoms with Gasteiger partial charge in [-0.05, 0) is 24.4 Å². The molecule has 4 heteroatoms. The summed E-state index contributed by atoms with van der Waals surface area (Å²) < 4.78 is 1.13. The number of carbonyl (C=O) groups excluding carboxylic acids is 1. The van der Waals surface area contributed by atoms with Crippen LogP contribution in [0.15, 0.2) is 24.4 Å². The molecule has 1 aromatic carbocycles.